The van der Waals surface area contributed by atoms with Crippen LogP contribution in [0.4, 0.5) is 14.9 Å². The summed E-state index contributed by atoms with van der Waals surface area (Å²) in [5, 5.41) is 5.51. The topological polar surface area (TPSA) is 67.4 Å². The van der Waals surface area contributed by atoms with E-state index < -0.39 is 5.97 Å². The number of carbonyl (C=O) groups is 2. The quantitative estimate of drug-likeness (QED) is 0.599. The SMILES string of the molecule is CCOC(=O)/C=C/c1ccc(NC(=O)N[C@@H](C)c2ccc(F)cc2)cc1. The summed E-state index contributed by atoms with van der Waals surface area (Å²) in [6.45, 7) is 3.89. The van der Waals surface area contributed by atoms with E-state index in [1.807, 2.05) is 6.92 Å². The molecular formula is C20H21FN2O3. The van der Waals surface area contributed by atoms with Crippen LogP contribution >= 0.6 is 0 Å². The summed E-state index contributed by atoms with van der Waals surface area (Å²) in [5.41, 5.74) is 2.23. The number of hydrogen-bond donors (Lipinski definition) is 2. The molecule has 0 saturated heterocycles. The molecule has 2 rings (SSSR count). The molecule has 0 bridgehead atoms. The van der Waals surface area contributed by atoms with Crippen LogP contribution in [0, 0.1) is 5.82 Å². The van der Waals surface area contributed by atoms with Crippen LogP contribution in [0.15, 0.2) is 54.6 Å². The summed E-state index contributed by atoms with van der Waals surface area (Å²) < 4.78 is 17.7. The van der Waals surface area contributed by atoms with Gasteiger partial charge in [-0.15, -0.1) is 0 Å². The number of amides is 2. The molecule has 0 aliphatic carbocycles. The Balaban J connectivity index is 1.88. The molecule has 0 saturated carbocycles. The Bertz CT molecular complexity index is 771. The van der Waals surface area contributed by atoms with Crippen LogP contribution in [0.1, 0.15) is 31.0 Å². The van der Waals surface area contributed by atoms with Crippen LogP contribution in [-0.4, -0.2) is 18.6 Å². The lowest BCUT2D eigenvalue weighted by atomic mass is 10.1. The van der Waals surface area contributed by atoms with Crippen molar-refractivity contribution in [2.45, 2.75) is 19.9 Å². The van der Waals surface area contributed by atoms with Crippen LogP contribution in [0.25, 0.3) is 6.08 Å². The molecule has 0 heterocycles. The predicted molar refractivity (Wildman–Crippen MR) is 99.1 cm³/mol. The molecule has 5 nitrogen and oxygen atoms in total. The third kappa shape index (κ3) is 6.05. The van der Waals surface area contributed by atoms with E-state index >= 15 is 0 Å². The summed E-state index contributed by atoms with van der Waals surface area (Å²) in [6, 6.07) is 12.3. The number of esters is 1. The Morgan fingerprint density at radius 3 is 2.38 bits per heavy atom. The second kappa shape index (κ2) is 9.36. The first-order valence-corrected chi connectivity index (χ1v) is 8.26. The van der Waals surface area contributed by atoms with Crippen molar-refractivity contribution >= 4 is 23.8 Å². The number of hydrogen-bond acceptors (Lipinski definition) is 3. The third-order valence-corrected chi connectivity index (χ3v) is 3.58. The fraction of sp³-hybridized carbons (Fsp3) is 0.200. The number of urea groups is 1. The van der Waals surface area contributed by atoms with E-state index in [1.54, 1.807) is 49.4 Å². The number of benzene rings is 2. The van der Waals surface area contributed by atoms with E-state index in [0.29, 0.717) is 12.3 Å². The number of rotatable bonds is 6. The fourth-order valence-corrected chi connectivity index (χ4v) is 2.23. The molecular weight excluding hydrogens is 335 g/mol. The minimum atomic E-state index is -0.399. The smallest absolute Gasteiger partial charge is 0.330 e. The van der Waals surface area contributed by atoms with E-state index in [1.165, 1.54) is 18.2 Å². The number of carbonyl (C=O) groups excluding carboxylic acids is 2. The van der Waals surface area contributed by atoms with Crippen LogP contribution in [0.2, 0.25) is 0 Å². The van der Waals surface area contributed by atoms with Gasteiger partial charge in [-0.05, 0) is 55.3 Å². The summed E-state index contributed by atoms with van der Waals surface area (Å²) in [5.74, 6) is -0.716. The van der Waals surface area contributed by atoms with E-state index in [9.17, 15) is 14.0 Å². The highest BCUT2D eigenvalue weighted by Gasteiger charge is 2.09. The molecule has 26 heavy (non-hydrogen) atoms. The molecule has 0 radical (unpaired) electrons. The van der Waals surface area contributed by atoms with Crippen molar-refractivity contribution in [3.63, 3.8) is 0 Å². The number of anilines is 1. The Kier molecular flexibility index (Phi) is 6.91. The number of nitrogens with one attached hydrogen (secondary N) is 2. The molecule has 1 atom stereocenters. The minimum absolute atomic E-state index is 0.262. The fourth-order valence-electron chi connectivity index (χ4n) is 2.23. The van der Waals surface area contributed by atoms with Gasteiger partial charge in [-0.2, -0.15) is 0 Å². The molecule has 136 valence electrons. The summed E-state index contributed by atoms with van der Waals surface area (Å²) in [6.07, 6.45) is 2.99. The zero-order valence-electron chi connectivity index (χ0n) is 14.7. The maximum absolute atomic E-state index is 12.9. The van der Waals surface area contributed by atoms with Gasteiger partial charge in [0.1, 0.15) is 5.82 Å². The van der Waals surface area contributed by atoms with Crippen molar-refractivity contribution in [2.75, 3.05) is 11.9 Å². The minimum Gasteiger partial charge on any atom is -0.463 e. The van der Waals surface area contributed by atoms with Crippen LogP contribution in [-0.2, 0) is 9.53 Å². The Hall–Kier alpha value is -3.15. The van der Waals surface area contributed by atoms with E-state index in [0.717, 1.165) is 11.1 Å². The average molecular weight is 356 g/mol. The van der Waals surface area contributed by atoms with E-state index in [4.69, 9.17) is 4.74 Å². The molecule has 0 aliphatic rings. The van der Waals surface area contributed by atoms with Gasteiger partial charge in [-0.3, -0.25) is 0 Å². The summed E-state index contributed by atoms with van der Waals surface area (Å²) in [4.78, 5) is 23.3. The Morgan fingerprint density at radius 2 is 1.77 bits per heavy atom. The van der Waals surface area contributed by atoms with Crippen molar-refractivity contribution in [1.29, 1.82) is 0 Å². The Labute approximate surface area is 151 Å². The van der Waals surface area contributed by atoms with Gasteiger partial charge in [0, 0.05) is 11.8 Å². The second-order valence-corrected chi connectivity index (χ2v) is 5.58. The van der Waals surface area contributed by atoms with Gasteiger partial charge in [0.2, 0.25) is 0 Å². The van der Waals surface area contributed by atoms with E-state index in [-0.39, 0.29) is 17.9 Å². The van der Waals surface area contributed by atoms with Crippen molar-refractivity contribution in [3.05, 3.63) is 71.6 Å². The van der Waals surface area contributed by atoms with Crippen LogP contribution in [0.3, 0.4) is 0 Å². The largest absolute Gasteiger partial charge is 0.463 e. The molecule has 2 aromatic rings. The summed E-state index contributed by atoms with van der Waals surface area (Å²) >= 11 is 0. The first-order valence-electron chi connectivity index (χ1n) is 8.26. The van der Waals surface area contributed by atoms with Gasteiger partial charge < -0.3 is 15.4 Å². The van der Waals surface area contributed by atoms with Crippen molar-refractivity contribution < 1.29 is 18.7 Å². The van der Waals surface area contributed by atoms with Gasteiger partial charge in [-0.25, -0.2) is 14.0 Å². The van der Waals surface area contributed by atoms with Crippen molar-refractivity contribution in [3.8, 4) is 0 Å². The zero-order chi connectivity index (χ0) is 18.9. The lowest BCUT2D eigenvalue weighted by Gasteiger charge is -2.15. The van der Waals surface area contributed by atoms with Gasteiger partial charge >= 0.3 is 12.0 Å². The molecule has 2 aromatic carbocycles. The first kappa shape index (κ1) is 19.2. The molecule has 0 fully saturated rings. The van der Waals surface area contributed by atoms with Crippen LogP contribution < -0.4 is 10.6 Å². The highest BCUT2D eigenvalue weighted by molar-refractivity contribution is 5.90. The highest BCUT2D eigenvalue weighted by atomic mass is 19.1. The molecule has 0 aliphatic heterocycles. The van der Waals surface area contributed by atoms with Crippen LogP contribution in [0.5, 0.6) is 0 Å². The monoisotopic (exact) mass is 356 g/mol. The molecule has 0 aromatic heterocycles. The second-order valence-electron chi connectivity index (χ2n) is 5.58. The van der Waals surface area contributed by atoms with Gasteiger partial charge in [0.15, 0.2) is 0 Å². The molecule has 6 heteroatoms. The Morgan fingerprint density at radius 1 is 1.12 bits per heavy atom. The maximum atomic E-state index is 12.9. The average Bonchev–Trinajstić information content (AvgIpc) is 2.62. The van der Waals surface area contributed by atoms with Gasteiger partial charge in [0.25, 0.3) is 0 Å². The third-order valence-electron chi connectivity index (χ3n) is 3.58. The first-order chi connectivity index (χ1) is 12.5. The molecule has 0 unspecified atom stereocenters. The lowest BCUT2D eigenvalue weighted by molar-refractivity contribution is -0.137. The summed E-state index contributed by atoms with van der Waals surface area (Å²) in [7, 11) is 0. The molecule has 2 N–H and O–H groups in total. The van der Waals surface area contributed by atoms with E-state index in [2.05, 4.69) is 10.6 Å². The molecule has 2 amide bonds. The molecule has 0 spiro atoms. The van der Waals surface area contributed by atoms with Crippen molar-refractivity contribution in [2.24, 2.45) is 0 Å². The van der Waals surface area contributed by atoms with Gasteiger partial charge in [0.05, 0.1) is 12.6 Å². The zero-order valence-corrected chi connectivity index (χ0v) is 14.7. The predicted octanol–water partition coefficient (Wildman–Crippen LogP) is 4.28. The van der Waals surface area contributed by atoms with Gasteiger partial charge in [-0.1, -0.05) is 24.3 Å². The highest BCUT2D eigenvalue weighted by Crippen LogP contribution is 2.14. The lowest BCUT2D eigenvalue weighted by Crippen LogP contribution is -2.31. The van der Waals surface area contributed by atoms with Crippen molar-refractivity contribution in [1.82, 2.24) is 5.32 Å². The standard InChI is InChI=1S/C20H21FN2O3/c1-3-26-19(24)13-6-15-4-11-18(12-5-15)23-20(25)22-14(2)16-7-9-17(21)10-8-16/h4-14H,3H2,1-2H3,(H2,22,23,25)/b13-6+/t14-/m0/s1. The normalized spacial score (nSPS) is 11.8. The number of halogens is 1. The number of ether oxygens (including phenoxy) is 1. The maximum Gasteiger partial charge on any atom is 0.330 e.